The van der Waals surface area contributed by atoms with Crippen LogP contribution in [0.5, 0.6) is 0 Å². The number of ether oxygens (including phenoxy) is 2. The normalized spacial score (nSPS) is 17.3. The van der Waals surface area contributed by atoms with E-state index in [1.54, 1.807) is 35.4 Å². The van der Waals surface area contributed by atoms with Gasteiger partial charge in [-0.05, 0) is 78.8 Å². The molecule has 2 aliphatic heterocycles. The minimum absolute atomic E-state index is 0.00560. The number of halogens is 2. The van der Waals surface area contributed by atoms with Gasteiger partial charge < -0.3 is 28.7 Å². The molecule has 1 saturated heterocycles. The molecule has 2 aliphatic rings. The lowest BCUT2D eigenvalue weighted by molar-refractivity contribution is -0.153. The first kappa shape index (κ1) is 41.9. The summed E-state index contributed by atoms with van der Waals surface area (Å²) in [6, 6.07) is 13.3. The quantitative estimate of drug-likeness (QED) is 0.0599. The fraction of sp³-hybridized carbons (Fsp3) is 0.385. The minimum Gasteiger partial charge on any atom is -0.605 e. The molecule has 12 nitrogen and oxygen atoms in total. The Kier molecular flexibility index (Phi) is 14.0. The molecule has 3 aromatic carbocycles. The van der Waals surface area contributed by atoms with E-state index in [0.29, 0.717) is 47.2 Å². The molecule has 17 heteroatoms. The highest BCUT2D eigenvalue weighted by Gasteiger charge is 2.32. The smallest absolute Gasteiger partial charge is 0.329 e. The molecular weight excluding hydrogens is 824 g/mol. The number of nitrogens with one attached hydrogen (secondary N) is 1. The third-order valence-corrected chi connectivity index (χ3v) is 15.1. The van der Waals surface area contributed by atoms with E-state index in [1.807, 2.05) is 12.1 Å². The molecule has 0 spiro atoms. The van der Waals surface area contributed by atoms with Crippen LogP contribution in [0.3, 0.4) is 0 Å². The molecule has 1 aromatic heterocycles. The molecule has 1 unspecified atom stereocenters. The van der Waals surface area contributed by atoms with E-state index in [0.717, 1.165) is 36.7 Å². The topological polar surface area (TPSA) is 172 Å². The molecule has 0 bridgehead atoms. The Labute approximate surface area is 341 Å². The van der Waals surface area contributed by atoms with Gasteiger partial charge >= 0.3 is 11.9 Å². The first-order valence-electron chi connectivity index (χ1n) is 18.0. The van der Waals surface area contributed by atoms with E-state index < -0.39 is 43.9 Å². The van der Waals surface area contributed by atoms with Crippen LogP contribution < -0.4 is 5.32 Å². The summed E-state index contributed by atoms with van der Waals surface area (Å²) in [4.78, 5) is 54.7. The molecule has 1 fully saturated rings. The number of amides is 2. The number of hydrogen-bond donors (Lipinski definition) is 1. The molecule has 4 aromatic rings. The van der Waals surface area contributed by atoms with Gasteiger partial charge in [0, 0.05) is 65.5 Å². The lowest BCUT2D eigenvalue weighted by atomic mass is 9.95. The van der Waals surface area contributed by atoms with Crippen LogP contribution in [-0.4, -0.2) is 84.7 Å². The number of carbonyl (C=O) groups is 4. The number of nitrogens with zero attached hydrogens (tertiary/aromatic N) is 1. The monoisotopic (exact) mass is 862 g/mol. The predicted octanol–water partition coefficient (Wildman–Crippen LogP) is 6.50. The fourth-order valence-electron chi connectivity index (χ4n) is 6.67. The standard InChI is InChI=1S/C39H40Cl2N2O10S3/c1-56(49,50)29-7-4-5-24(19-29)20-32(39(47)53-17-16-52-34(44)8-3-2-6-28-13-18-54-55(28)48)42-37(45)35-31(40)21-27-23-43(14-11-30(27)36(35)41)38(46)26-10-9-25-12-15-51-33(25)22-26/h4-5,7,9-10,12,15,19,21-22,28,32H,2-3,6,8,11,13-14,16-18,20,23H2,1H3,(H,42,45)/t28-,32+,55?/m1/s1. The highest BCUT2D eigenvalue weighted by atomic mass is 35.5. The molecule has 298 valence electrons. The summed E-state index contributed by atoms with van der Waals surface area (Å²) in [7, 11) is -2.97. The van der Waals surface area contributed by atoms with Crippen LogP contribution in [0.25, 0.3) is 11.0 Å². The minimum atomic E-state index is -3.57. The van der Waals surface area contributed by atoms with Crippen LogP contribution in [0.1, 0.15) is 69.5 Å². The van der Waals surface area contributed by atoms with E-state index in [-0.39, 0.29) is 64.3 Å². The van der Waals surface area contributed by atoms with Gasteiger partial charge in [-0.25, -0.2) is 13.2 Å². The lowest BCUT2D eigenvalue weighted by Gasteiger charge is -2.30. The average molecular weight is 864 g/mol. The van der Waals surface area contributed by atoms with Crippen molar-refractivity contribution in [3.63, 3.8) is 0 Å². The Morgan fingerprint density at radius 3 is 2.64 bits per heavy atom. The van der Waals surface area contributed by atoms with Crippen molar-refractivity contribution >= 4 is 88.8 Å². The zero-order valence-corrected chi connectivity index (χ0v) is 34.4. The molecule has 0 aliphatic carbocycles. The SMILES string of the molecule is CS(=O)(=O)c1cccc(C[C@H](NC(=O)c2c(Cl)cc3c(c2Cl)CCN(C(=O)c2ccc4ccoc4c2)C3)C(=O)OCCOC(=O)CCCC[C@@H]2CCS[S+]2[O-])c1. The van der Waals surface area contributed by atoms with Crippen LogP contribution >= 0.6 is 34.0 Å². The third kappa shape index (κ3) is 10.4. The van der Waals surface area contributed by atoms with Crippen molar-refractivity contribution in [3.05, 3.63) is 98.7 Å². The lowest BCUT2D eigenvalue weighted by Crippen LogP contribution is -2.44. The second kappa shape index (κ2) is 18.7. The summed E-state index contributed by atoms with van der Waals surface area (Å²) in [5.41, 5.74) is 2.74. The second-order valence-electron chi connectivity index (χ2n) is 13.6. The number of rotatable bonds is 15. The molecule has 3 atom stereocenters. The first-order valence-corrected chi connectivity index (χ1v) is 23.4. The van der Waals surface area contributed by atoms with Crippen LogP contribution in [0, 0.1) is 0 Å². The van der Waals surface area contributed by atoms with E-state index in [2.05, 4.69) is 5.32 Å². The maximum atomic E-state index is 13.8. The van der Waals surface area contributed by atoms with Gasteiger partial charge in [0.25, 0.3) is 11.8 Å². The molecule has 0 saturated carbocycles. The summed E-state index contributed by atoms with van der Waals surface area (Å²) >= 11 is 13.5. The van der Waals surface area contributed by atoms with Gasteiger partial charge in [-0.1, -0.05) is 41.4 Å². The summed E-state index contributed by atoms with van der Waals surface area (Å²) in [5.74, 6) is -1.38. The molecule has 2 amide bonds. The Morgan fingerprint density at radius 2 is 1.88 bits per heavy atom. The Morgan fingerprint density at radius 1 is 1.07 bits per heavy atom. The second-order valence-corrected chi connectivity index (χ2v) is 19.9. The maximum absolute atomic E-state index is 13.8. The predicted molar refractivity (Wildman–Crippen MR) is 215 cm³/mol. The fourth-order valence-corrected chi connectivity index (χ4v) is 11.6. The van der Waals surface area contributed by atoms with Crippen LogP contribution in [0.2, 0.25) is 10.0 Å². The average Bonchev–Trinajstić information content (AvgIpc) is 3.82. The molecule has 56 heavy (non-hydrogen) atoms. The molecule has 6 rings (SSSR count). The molecular formula is C39H40Cl2N2O10S3. The highest BCUT2D eigenvalue weighted by Crippen LogP contribution is 2.36. The Balaban J connectivity index is 1.10. The number of fused-ring (bicyclic) bond motifs is 2. The number of sulfone groups is 1. The van der Waals surface area contributed by atoms with Crippen molar-refractivity contribution in [2.45, 2.75) is 67.7 Å². The van der Waals surface area contributed by atoms with Gasteiger partial charge in [-0.15, -0.1) is 0 Å². The van der Waals surface area contributed by atoms with Gasteiger partial charge in [0.2, 0.25) is 0 Å². The number of hydrogen-bond acceptors (Lipinski definition) is 11. The number of carbonyl (C=O) groups excluding carboxylic acids is 4. The van der Waals surface area contributed by atoms with Gasteiger partial charge in [0.05, 0.1) is 37.6 Å². The molecule has 3 heterocycles. The van der Waals surface area contributed by atoms with Crippen molar-refractivity contribution in [3.8, 4) is 0 Å². The number of unbranched alkanes of at least 4 members (excludes halogenated alkanes) is 1. The van der Waals surface area contributed by atoms with Gasteiger partial charge in [-0.2, -0.15) is 0 Å². The largest absolute Gasteiger partial charge is 0.605 e. The van der Waals surface area contributed by atoms with Crippen molar-refractivity contribution in [2.24, 2.45) is 0 Å². The van der Waals surface area contributed by atoms with Crippen molar-refractivity contribution in [1.29, 1.82) is 0 Å². The van der Waals surface area contributed by atoms with Crippen molar-refractivity contribution in [1.82, 2.24) is 10.2 Å². The maximum Gasteiger partial charge on any atom is 0.329 e. The van der Waals surface area contributed by atoms with Crippen LogP contribution in [0.4, 0.5) is 0 Å². The van der Waals surface area contributed by atoms with Crippen LogP contribution in [0.15, 0.2) is 70.2 Å². The van der Waals surface area contributed by atoms with Crippen molar-refractivity contribution < 1.29 is 46.0 Å². The van der Waals surface area contributed by atoms with Crippen LogP contribution in [-0.2, 0) is 58.5 Å². The summed E-state index contributed by atoms with van der Waals surface area (Å²) in [5, 5.41) is 3.80. The van der Waals surface area contributed by atoms with E-state index >= 15 is 0 Å². The Bertz CT molecular complexity index is 2230. The zero-order valence-electron chi connectivity index (χ0n) is 30.4. The van der Waals surface area contributed by atoms with E-state index in [4.69, 9.17) is 37.1 Å². The van der Waals surface area contributed by atoms with E-state index in [1.165, 1.54) is 29.0 Å². The number of benzene rings is 3. The highest BCUT2D eigenvalue weighted by molar-refractivity contribution is 8.72. The van der Waals surface area contributed by atoms with E-state index in [9.17, 15) is 32.1 Å². The van der Waals surface area contributed by atoms with Gasteiger partial charge in [0.15, 0.2) is 9.84 Å². The number of furan rings is 1. The summed E-state index contributed by atoms with van der Waals surface area (Å²) in [6.45, 7) is 0.0211. The van der Waals surface area contributed by atoms with Crippen molar-refractivity contribution in [2.75, 3.05) is 31.8 Å². The zero-order chi connectivity index (χ0) is 40.0. The summed E-state index contributed by atoms with van der Waals surface area (Å²) < 4.78 is 52.5. The number of esters is 2. The van der Waals surface area contributed by atoms with Gasteiger partial charge in [-0.3, -0.25) is 14.4 Å². The Hall–Kier alpha value is -3.73. The van der Waals surface area contributed by atoms with Gasteiger partial charge in [0.1, 0.15) is 30.1 Å². The third-order valence-electron chi connectivity index (χ3n) is 9.64. The summed E-state index contributed by atoms with van der Waals surface area (Å²) in [6.07, 6.45) is 6.04. The molecule has 1 N–H and O–H groups in total. The molecule has 0 radical (unpaired) electrons. The first-order chi connectivity index (χ1) is 26.8.